The van der Waals surface area contributed by atoms with E-state index < -0.39 is 0 Å². The van der Waals surface area contributed by atoms with Gasteiger partial charge in [-0.3, -0.25) is 4.79 Å². The van der Waals surface area contributed by atoms with Crippen LogP contribution in [0.4, 0.5) is 0 Å². The van der Waals surface area contributed by atoms with E-state index in [9.17, 15) is 4.79 Å². The molecule has 2 aromatic carbocycles. The number of carbonyl (C=O) groups is 1. The number of carbonyl (C=O) groups excluding carboxylic acids is 1. The molecule has 1 saturated heterocycles. The standard InChI is InChI=1S/C22H25N3O/c1-14-9-10-15(2)20-19(14)16(3)21(24-20)22(26)25-12-11-23-18(13-25)17-7-5-4-6-8-17/h4-10,18,23-24H,11-13H2,1-3H3/t18-/m1/s1. The van der Waals surface area contributed by atoms with E-state index in [1.165, 1.54) is 22.1 Å². The number of H-pyrrole nitrogens is 1. The lowest BCUT2D eigenvalue weighted by molar-refractivity contribution is 0.0697. The summed E-state index contributed by atoms with van der Waals surface area (Å²) in [6.45, 7) is 8.47. The highest BCUT2D eigenvalue weighted by Crippen LogP contribution is 2.29. The van der Waals surface area contributed by atoms with Crippen LogP contribution in [-0.4, -0.2) is 35.4 Å². The molecule has 0 spiro atoms. The number of aromatic nitrogens is 1. The molecule has 1 aliphatic heterocycles. The van der Waals surface area contributed by atoms with Gasteiger partial charge in [0.25, 0.3) is 5.91 Å². The highest BCUT2D eigenvalue weighted by atomic mass is 16.2. The first-order valence-electron chi connectivity index (χ1n) is 9.22. The predicted molar refractivity (Wildman–Crippen MR) is 106 cm³/mol. The lowest BCUT2D eigenvalue weighted by atomic mass is 10.0. The molecule has 1 aliphatic rings. The van der Waals surface area contributed by atoms with Crippen LogP contribution in [0, 0.1) is 20.8 Å². The van der Waals surface area contributed by atoms with Crippen LogP contribution >= 0.6 is 0 Å². The second-order valence-electron chi connectivity index (χ2n) is 7.24. The number of rotatable bonds is 2. The average molecular weight is 347 g/mol. The first-order chi connectivity index (χ1) is 12.6. The maximum absolute atomic E-state index is 13.3. The lowest BCUT2D eigenvalue weighted by Gasteiger charge is -2.34. The highest BCUT2D eigenvalue weighted by molar-refractivity contribution is 6.02. The van der Waals surface area contributed by atoms with E-state index in [1.54, 1.807) is 0 Å². The number of nitrogens with zero attached hydrogens (tertiary/aromatic N) is 1. The van der Waals surface area contributed by atoms with Crippen LogP contribution in [-0.2, 0) is 0 Å². The Morgan fingerprint density at radius 1 is 1.04 bits per heavy atom. The van der Waals surface area contributed by atoms with Crippen molar-refractivity contribution in [3.05, 3.63) is 70.4 Å². The smallest absolute Gasteiger partial charge is 0.270 e. The molecule has 1 atom stereocenters. The van der Waals surface area contributed by atoms with Gasteiger partial charge >= 0.3 is 0 Å². The van der Waals surface area contributed by atoms with Crippen LogP contribution in [0.15, 0.2) is 42.5 Å². The molecule has 4 heteroatoms. The molecule has 4 nitrogen and oxygen atoms in total. The van der Waals surface area contributed by atoms with Crippen molar-refractivity contribution in [1.29, 1.82) is 0 Å². The van der Waals surface area contributed by atoms with Crippen LogP contribution in [0.3, 0.4) is 0 Å². The SMILES string of the molecule is Cc1ccc(C)c2c(C)c(C(=O)N3CCN[C@@H](c4ccccc4)C3)[nH]c12. The second kappa shape index (κ2) is 6.61. The van der Waals surface area contributed by atoms with Gasteiger partial charge in [0.2, 0.25) is 0 Å². The first-order valence-corrected chi connectivity index (χ1v) is 9.22. The van der Waals surface area contributed by atoms with Crippen LogP contribution in [0.25, 0.3) is 10.9 Å². The Bertz CT molecular complexity index is 958. The molecule has 134 valence electrons. The monoisotopic (exact) mass is 347 g/mol. The fourth-order valence-electron chi connectivity index (χ4n) is 4.01. The van der Waals surface area contributed by atoms with E-state index in [0.29, 0.717) is 6.54 Å². The third-order valence-electron chi connectivity index (χ3n) is 5.50. The molecule has 1 fully saturated rings. The molecular formula is C22H25N3O. The van der Waals surface area contributed by atoms with Gasteiger partial charge in [-0.2, -0.15) is 0 Å². The zero-order valence-electron chi connectivity index (χ0n) is 15.6. The summed E-state index contributed by atoms with van der Waals surface area (Å²) in [6, 6.07) is 14.8. The van der Waals surface area contributed by atoms with Gasteiger partial charge in [-0.15, -0.1) is 0 Å². The first kappa shape index (κ1) is 16.9. The fraction of sp³-hybridized carbons (Fsp3) is 0.318. The van der Waals surface area contributed by atoms with Crippen molar-refractivity contribution >= 4 is 16.8 Å². The van der Waals surface area contributed by atoms with Gasteiger partial charge in [-0.05, 0) is 43.0 Å². The minimum atomic E-state index is 0.0972. The van der Waals surface area contributed by atoms with Crippen molar-refractivity contribution in [2.24, 2.45) is 0 Å². The van der Waals surface area contributed by atoms with Crippen molar-refractivity contribution in [3.63, 3.8) is 0 Å². The van der Waals surface area contributed by atoms with Crippen molar-refractivity contribution in [2.45, 2.75) is 26.8 Å². The van der Waals surface area contributed by atoms with Gasteiger partial charge in [-0.1, -0.05) is 42.5 Å². The number of benzene rings is 2. The normalized spacial score (nSPS) is 17.7. The van der Waals surface area contributed by atoms with E-state index >= 15 is 0 Å². The Hall–Kier alpha value is -2.59. The Balaban J connectivity index is 1.65. The van der Waals surface area contributed by atoms with E-state index in [1.807, 2.05) is 23.1 Å². The van der Waals surface area contributed by atoms with Crippen molar-refractivity contribution in [2.75, 3.05) is 19.6 Å². The largest absolute Gasteiger partial charge is 0.350 e. The lowest BCUT2D eigenvalue weighted by Crippen LogP contribution is -2.48. The topological polar surface area (TPSA) is 48.1 Å². The third-order valence-corrected chi connectivity index (χ3v) is 5.50. The number of aryl methyl sites for hydroxylation is 3. The Labute approximate surface area is 154 Å². The van der Waals surface area contributed by atoms with Gasteiger partial charge in [-0.25, -0.2) is 0 Å². The summed E-state index contributed by atoms with van der Waals surface area (Å²) < 4.78 is 0. The number of fused-ring (bicyclic) bond motifs is 1. The third kappa shape index (κ3) is 2.80. The predicted octanol–water partition coefficient (Wildman–Crippen LogP) is 3.88. The molecule has 0 saturated carbocycles. The molecule has 4 rings (SSSR count). The van der Waals surface area contributed by atoms with Gasteiger partial charge < -0.3 is 15.2 Å². The summed E-state index contributed by atoms with van der Waals surface area (Å²) in [5.41, 5.74) is 6.48. The summed E-state index contributed by atoms with van der Waals surface area (Å²) in [6.07, 6.45) is 0. The van der Waals surface area contributed by atoms with Crippen molar-refractivity contribution in [3.8, 4) is 0 Å². The van der Waals surface area contributed by atoms with E-state index in [-0.39, 0.29) is 11.9 Å². The van der Waals surface area contributed by atoms with Gasteiger partial charge in [0.05, 0.1) is 0 Å². The van der Waals surface area contributed by atoms with E-state index in [0.717, 1.165) is 29.9 Å². The molecule has 0 bridgehead atoms. The zero-order chi connectivity index (χ0) is 18.3. The van der Waals surface area contributed by atoms with Crippen LogP contribution in [0.2, 0.25) is 0 Å². The molecule has 1 amide bonds. The number of piperazine rings is 1. The molecule has 0 unspecified atom stereocenters. The number of hydrogen-bond donors (Lipinski definition) is 2. The van der Waals surface area contributed by atoms with Gasteiger partial charge in [0.15, 0.2) is 0 Å². The maximum Gasteiger partial charge on any atom is 0.270 e. The number of aromatic amines is 1. The van der Waals surface area contributed by atoms with E-state index in [4.69, 9.17) is 0 Å². The van der Waals surface area contributed by atoms with Crippen molar-refractivity contribution < 1.29 is 4.79 Å². The molecule has 1 aromatic heterocycles. The molecule has 2 heterocycles. The maximum atomic E-state index is 13.3. The number of nitrogens with one attached hydrogen (secondary N) is 2. The zero-order valence-corrected chi connectivity index (χ0v) is 15.6. The average Bonchev–Trinajstić information content (AvgIpc) is 3.03. The summed E-state index contributed by atoms with van der Waals surface area (Å²) >= 11 is 0. The minimum Gasteiger partial charge on any atom is -0.350 e. The Morgan fingerprint density at radius 2 is 1.77 bits per heavy atom. The quantitative estimate of drug-likeness (QED) is 0.739. The van der Waals surface area contributed by atoms with Crippen LogP contribution < -0.4 is 5.32 Å². The van der Waals surface area contributed by atoms with Crippen LogP contribution in [0.5, 0.6) is 0 Å². The summed E-state index contributed by atoms with van der Waals surface area (Å²) in [4.78, 5) is 18.6. The fourth-order valence-corrected chi connectivity index (χ4v) is 4.01. The van der Waals surface area contributed by atoms with Crippen LogP contribution in [0.1, 0.15) is 38.8 Å². The highest BCUT2D eigenvalue weighted by Gasteiger charge is 2.27. The Morgan fingerprint density at radius 3 is 2.50 bits per heavy atom. The van der Waals surface area contributed by atoms with E-state index in [2.05, 4.69) is 55.3 Å². The van der Waals surface area contributed by atoms with Crippen molar-refractivity contribution in [1.82, 2.24) is 15.2 Å². The van der Waals surface area contributed by atoms with Gasteiger partial charge in [0, 0.05) is 36.6 Å². The minimum absolute atomic E-state index is 0.0972. The molecule has 26 heavy (non-hydrogen) atoms. The molecular weight excluding hydrogens is 322 g/mol. The molecule has 0 radical (unpaired) electrons. The molecule has 2 N–H and O–H groups in total. The Kier molecular flexibility index (Phi) is 4.29. The number of hydrogen-bond acceptors (Lipinski definition) is 2. The summed E-state index contributed by atoms with van der Waals surface area (Å²) in [7, 11) is 0. The molecule has 0 aliphatic carbocycles. The van der Waals surface area contributed by atoms with Gasteiger partial charge in [0.1, 0.15) is 5.69 Å². The number of amides is 1. The second-order valence-corrected chi connectivity index (χ2v) is 7.24. The summed E-state index contributed by atoms with van der Waals surface area (Å²) in [5, 5.41) is 4.71. The molecule has 3 aromatic rings. The summed E-state index contributed by atoms with van der Waals surface area (Å²) in [5.74, 6) is 0.0972.